The highest BCUT2D eigenvalue weighted by molar-refractivity contribution is 6.38. The summed E-state index contributed by atoms with van der Waals surface area (Å²) in [6.07, 6.45) is 3.24. The van der Waals surface area contributed by atoms with Crippen molar-refractivity contribution >= 4 is 57.3 Å². The SMILES string of the molecule is CC/C(=C(/c1ccc(/C=C\C(=O)O)cc1)c1[nH]c2ccccc2c1Cl)c1ccc(F)cc1Cl. The zero-order valence-corrected chi connectivity index (χ0v) is 19.2. The van der Waals surface area contributed by atoms with Gasteiger partial charge in [0.05, 0.1) is 15.7 Å². The molecule has 1 aromatic heterocycles. The van der Waals surface area contributed by atoms with E-state index in [-0.39, 0.29) is 0 Å². The Hall–Kier alpha value is -3.34. The number of halogens is 3. The Labute approximate surface area is 200 Å². The van der Waals surface area contributed by atoms with Gasteiger partial charge >= 0.3 is 5.97 Å². The third-order valence-electron chi connectivity index (χ3n) is 5.42. The summed E-state index contributed by atoms with van der Waals surface area (Å²) in [5, 5.41) is 10.7. The number of para-hydroxylation sites is 1. The molecular formula is C27H20Cl2FNO2. The van der Waals surface area contributed by atoms with E-state index in [9.17, 15) is 9.18 Å². The molecule has 0 bridgehead atoms. The molecule has 2 N–H and O–H groups in total. The number of rotatable bonds is 6. The molecule has 0 saturated carbocycles. The number of aromatic amines is 1. The van der Waals surface area contributed by atoms with Gasteiger partial charge in [0.1, 0.15) is 5.82 Å². The van der Waals surface area contributed by atoms with Crippen molar-refractivity contribution in [3.8, 4) is 0 Å². The van der Waals surface area contributed by atoms with Crippen molar-refractivity contribution < 1.29 is 14.3 Å². The number of H-pyrrole nitrogens is 1. The van der Waals surface area contributed by atoms with E-state index in [1.54, 1.807) is 6.07 Å². The normalized spacial score (nSPS) is 12.4. The molecule has 1 heterocycles. The number of benzene rings is 3. The van der Waals surface area contributed by atoms with Crippen molar-refractivity contribution in [2.24, 2.45) is 0 Å². The number of carbonyl (C=O) groups is 1. The first-order valence-electron chi connectivity index (χ1n) is 10.4. The van der Waals surface area contributed by atoms with Crippen LogP contribution in [0, 0.1) is 5.82 Å². The van der Waals surface area contributed by atoms with Gasteiger partial charge in [-0.05, 0) is 53.0 Å². The third kappa shape index (κ3) is 4.72. The second kappa shape index (κ2) is 9.65. The highest BCUT2D eigenvalue weighted by atomic mass is 35.5. The molecular weight excluding hydrogens is 460 g/mol. The summed E-state index contributed by atoms with van der Waals surface area (Å²) in [5.74, 6) is -1.41. The van der Waals surface area contributed by atoms with Crippen LogP contribution < -0.4 is 0 Å². The minimum absolute atomic E-state index is 0.317. The minimum atomic E-state index is -1.01. The topological polar surface area (TPSA) is 53.1 Å². The van der Waals surface area contributed by atoms with Gasteiger partial charge in [-0.25, -0.2) is 9.18 Å². The van der Waals surface area contributed by atoms with Crippen molar-refractivity contribution in [2.75, 3.05) is 0 Å². The lowest BCUT2D eigenvalue weighted by Crippen LogP contribution is -1.97. The van der Waals surface area contributed by atoms with Crippen molar-refractivity contribution in [1.29, 1.82) is 0 Å². The molecule has 0 fully saturated rings. The lowest BCUT2D eigenvalue weighted by molar-refractivity contribution is -0.131. The van der Waals surface area contributed by atoms with Crippen molar-refractivity contribution in [3.63, 3.8) is 0 Å². The fourth-order valence-electron chi connectivity index (χ4n) is 3.91. The van der Waals surface area contributed by atoms with Gasteiger partial charge in [0.2, 0.25) is 0 Å². The van der Waals surface area contributed by atoms with E-state index in [1.165, 1.54) is 18.2 Å². The summed E-state index contributed by atoms with van der Waals surface area (Å²) in [7, 11) is 0. The average Bonchev–Trinajstić information content (AvgIpc) is 3.13. The second-order valence-corrected chi connectivity index (χ2v) is 8.27. The van der Waals surface area contributed by atoms with E-state index in [0.717, 1.165) is 50.5 Å². The number of aromatic nitrogens is 1. The summed E-state index contributed by atoms with van der Waals surface area (Å²) < 4.78 is 13.8. The van der Waals surface area contributed by atoms with E-state index >= 15 is 0 Å². The van der Waals surface area contributed by atoms with Crippen LogP contribution in [0.1, 0.15) is 35.7 Å². The van der Waals surface area contributed by atoms with E-state index < -0.39 is 11.8 Å². The highest BCUT2D eigenvalue weighted by Gasteiger charge is 2.20. The molecule has 0 aliphatic rings. The number of hydrogen-bond acceptors (Lipinski definition) is 1. The molecule has 4 rings (SSSR count). The predicted octanol–water partition coefficient (Wildman–Crippen LogP) is 8.08. The molecule has 0 saturated heterocycles. The van der Waals surface area contributed by atoms with Crippen molar-refractivity contribution in [3.05, 3.63) is 111 Å². The number of carboxylic acid groups (broad SMARTS) is 1. The minimum Gasteiger partial charge on any atom is -0.478 e. The summed E-state index contributed by atoms with van der Waals surface area (Å²) in [6.45, 7) is 2.01. The fraction of sp³-hybridized carbons (Fsp3) is 0.0741. The summed E-state index contributed by atoms with van der Waals surface area (Å²) in [4.78, 5) is 14.3. The Bertz CT molecular complexity index is 1400. The molecule has 0 amide bonds. The van der Waals surface area contributed by atoms with Gasteiger partial charge in [-0.3, -0.25) is 0 Å². The lowest BCUT2D eigenvalue weighted by Gasteiger charge is -2.17. The fourth-order valence-corrected chi connectivity index (χ4v) is 4.50. The maximum atomic E-state index is 13.8. The predicted molar refractivity (Wildman–Crippen MR) is 134 cm³/mol. The average molecular weight is 480 g/mol. The van der Waals surface area contributed by atoms with E-state index in [1.807, 2.05) is 55.5 Å². The van der Waals surface area contributed by atoms with Crippen LogP contribution >= 0.6 is 23.2 Å². The first-order valence-corrected chi connectivity index (χ1v) is 11.1. The Morgan fingerprint density at radius 1 is 1.06 bits per heavy atom. The molecule has 0 atom stereocenters. The lowest BCUT2D eigenvalue weighted by atomic mass is 9.90. The van der Waals surface area contributed by atoms with Crippen molar-refractivity contribution in [2.45, 2.75) is 13.3 Å². The van der Waals surface area contributed by atoms with Gasteiger partial charge in [-0.15, -0.1) is 0 Å². The van der Waals surface area contributed by atoms with Crippen LogP contribution in [0.3, 0.4) is 0 Å². The van der Waals surface area contributed by atoms with Crippen molar-refractivity contribution in [1.82, 2.24) is 4.98 Å². The van der Waals surface area contributed by atoms with Gasteiger partial charge in [0, 0.05) is 22.6 Å². The van der Waals surface area contributed by atoms with Crippen LogP contribution in [0.4, 0.5) is 4.39 Å². The summed E-state index contributed by atoms with van der Waals surface area (Å²) >= 11 is 13.3. The van der Waals surface area contributed by atoms with Crippen LogP contribution in [0.5, 0.6) is 0 Å². The third-order valence-corrected chi connectivity index (χ3v) is 6.13. The Morgan fingerprint density at radius 3 is 2.42 bits per heavy atom. The smallest absolute Gasteiger partial charge is 0.328 e. The van der Waals surface area contributed by atoms with Crippen LogP contribution in [0.25, 0.3) is 28.1 Å². The molecule has 0 unspecified atom stereocenters. The highest BCUT2D eigenvalue weighted by Crippen LogP contribution is 2.41. The number of nitrogens with one attached hydrogen (secondary N) is 1. The van der Waals surface area contributed by atoms with Crippen LogP contribution in [-0.4, -0.2) is 16.1 Å². The van der Waals surface area contributed by atoms with E-state index in [2.05, 4.69) is 4.98 Å². The summed E-state index contributed by atoms with van der Waals surface area (Å²) in [5.41, 5.74) is 5.73. The molecule has 3 aromatic carbocycles. The maximum absolute atomic E-state index is 13.8. The molecule has 6 heteroatoms. The molecule has 33 heavy (non-hydrogen) atoms. The Balaban J connectivity index is 1.98. The van der Waals surface area contributed by atoms with Gasteiger partial charge < -0.3 is 10.1 Å². The van der Waals surface area contributed by atoms with Crippen LogP contribution in [-0.2, 0) is 4.79 Å². The second-order valence-electron chi connectivity index (χ2n) is 7.48. The molecule has 0 spiro atoms. The first kappa shape index (κ1) is 22.8. The molecule has 0 aliphatic carbocycles. The zero-order chi connectivity index (χ0) is 23.5. The Morgan fingerprint density at radius 2 is 1.79 bits per heavy atom. The molecule has 0 radical (unpaired) electrons. The number of aliphatic carboxylic acids is 1. The maximum Gasteiger partial charge on any atom is 0.328 e. The van der Waals surface area contributed by atoms with E-state index in [4.69, 9.17) is 28.3 Å². The Kier molecular flexibility index (Phi) is 6.68. The zero-order valence-electron chi connectivity index (χ0n) is 17.7. The quantitative estimate of drug-likeness (QED) is 0.217. The molecule has 166 valence electrons. The van der Waals surface area contributed by atoms with Gasteiger partial charge in [-0.1, -0.05) is 78.7 Å². The number of carboxylic acids is 1. The van der Waals surface area contributed by atoms with Crippen LogP contribution in [0.2, 0.25) is 10.0 Å². The van der Waals surface area contributed by atoms with Crippen LogP contribution in [0.15, 0.2) is 72.8 Å². The summed E-state index contributed by atoms with van der Waals surface area (Å²) in [6, 6.07) is 19.6. The largest absolute Gasteiger partial charge is 0.478 e. The van der Waals surface area contributed by atoms with Gasteiger partial charge in [0.15, 0.2) is 0 Å². The standard InChI is InChI=1S/C27H20Cl2FNO2/c1-2-19(20-13-12-18(30)15-22(20)28)25(17-10-7-16(8-11-17)9-14-24(32)33)27-26(29)21-5-3-4-6-23(21)31-27/h3-15,31H,2H2,1H3,(H,32,33)/b14-9-,25-19+. The molecule has 0 aliphatic heterocycles. The number of fused-ring (bicyclic) bond motifs is 1. The monoisotopic (exact) mass is 479 g/mol. The molecule has 3 nitrogen and oxygen atoms in total. The molecule has 4 aromatic rings. The first-order chi connectivity index (χ1) is 15.9. The van der Waals surface area contributed by atoms with Gasteiger partial charge in [-0.2, -0.15) is 0 Å². The number of allylic oxidation sites excluding steroid dienone is 1. The van der Waals surface area contributed by atoms with E-state index in [0.29, 0.717) is 16.5 Å². The van der Waals surface area contributed by atoms with Gasteiger partial charge in [0.25, 0.3) is 0 Å². The number of hydrogen-bond donors (Lipinski definition) is 2.